The molecule has 1 saturated heterocycles. The van der Waals surface area contributed by atoms with E-state index in [9.17, 15) is 14.9 Å². The van der Waals surface area contributed by atoms with Crippen LogP contribution in [-0.2, 0) is 28.4 Å². The van der Waals surface area contributed by atoms with Crippen molar-refractivity contribution < 1.29 is 26.8 Å². The molecule has 1 heterocycles. The van der Waals surface area contributed by atoms with Crippen molar-refractivity contribution in [1.82, 2.24) is 4.90 Å². The van der Waals surface area contributed by atoms with E-state index in [0.717, 1.165) is 17.0 Å². The number of likely N-dealkylation sites (tertiary alicyclic amines) is 1. The first kappa shape index (κ1) is 24.5. The Morgan fingerprint density at radius 3 is 1.91 bits per heavy atom. The zero-order valence-electron chi connectivity index (χ0n) is 17.2. The van der Waals surface area contributed by atoms with Gasteiger partial charge < -0.3 is 4.90 Å². The second kappa shape index (κ2) is 11.6. The number of nitro groups is 1. The number of hydrogen-bond donors (Lipinski definition) is 0. The minimum atomic E-state index is -0.411. The maximum Gasteiger partial charge on any atom is 0.269 e. The van der Waals surface area contributed by atoms with Gasteiger partial charge in [-0.15, -0.1) is 0 Å². The largest absolute Gasteiger partial charge is 0.330 e. The standard InChI is InChI=1S/C21H17N2O3.C5H5.Fe/c24-21-19(16-8-4-5-9-16)20(17-10-12-18(13-11-17)23(25)26)22(21)14-15-6-2-1-3-7-15;1-2-4-5-3-1;/h1-13,19-20H,14H2;1-5H;/t19-,20+;;/m1../s1. The average molecular weight is 466 g/mol. The summed E-state index contributed by atoms with van der Waals surface area (Å²) in [6, 6.07) is 16.2. The first-order valence-corrected chi connectivity index (χ1v) is 10.1. The number of hydrogen-bond acceptors (Lipinski definition) is 3. The summed E-state index contributed by atoms with van der Waals surface area (Å²) < 4.78 is 0. The minimum Gasteiger partial charge on any atom is -0.330 e. The van der Waals surface area contributed by atoms with Crippen LogP contribution in [0.2, 0.25) is 0 Å². The molecule has 6 heteroatoms. The van der Waals surface area contributed by atoms with Crippen molar-refractivity contribution in [1.29, 1.82) is 0 Å². The zero-order valence-corrected chi connectivity index (χ0v) is 18.3. The third kappa shape index (κ3) is 5.60. The van der Waals surface area contributed by atoms with Gasteiger partial charge in [0.1, 0.15) is 0 Å². The van der Waals surface area contributed by atoms with E-state index in [4.69, 9.17) is 0 Å². The Morgan fingerprint density at radius 2 is 1.38 bits per heavy atom. The molecule has 5 rings (SSSR count). The normalized spacial score (nSPS) is 22.5. The van der Waals surface area contributed by atoms with E-state index in [-0.39, 0.29) is 40.6 Å². The van der Waals surface area contributed by atoms with Crippen LogP contribution in [0.1, 0.15) is 17.2 Å². The number of carbonyl (C=O) groups excluding carboxylic acids is 1. The molecule has 1 amide bonds. The SMILES string of the molecule is O=C1[C@H]([C]2[CH][CH][CH][CH]2)[C@H](c2ccc([N+](=O)[O-])cc2)N1Cc1ccccc1.[CH]1[CH][CH][CH][CH]1.[Fe]. The van der Waals surface area contributed by atoms with Gasteiger partial charge in [-0.2, -0.15) is 0 Å². The van der Waals surface area contributed by atoms with E-state index in [1.165, 1.54) is 12.1 Å². The molecule has 0 aromatic heterocycles. The molecule has 5 nitrogen and oxygen atoms in total. The van der Waals surface area contributed by atoms with Gasteiger partial charge in [0.25, 0.3) is 5.69 Å². The molecule has 32 heavy (non-hydrogen) atoms. The molecule has 162 valence electrons. The molecule has 2 aliphatic carbocycles. The van der Waals surface area contributed by atoms with Crippen LogP contribution < -0.4 is 0 Å². The topological polar surface area (TPSA) is 63.4 Å². The van der Waals surface area contributed by atoms with Crippen LogP contribution in [0.3, 0.4) is 0 Å². The first-order valence-electron chi connectivity index (χ1n) is 10.1. The fourth-order valence-electron chi connectivity index (χ4n) is 3.91. The molecule has 1 aliphatic heterocycles. The van der Waals surface area contributed by atoms with Crippen molar-refractivity contribution in [3.05, 3.63) is 140 Å². The van der Waals surface area contributed by atoms with E-state index < -0.39 is 4.92 Å². The second-order valence-corrected chi connectivity index (χ2v) is 7.40. The van der Waals surface area contributed by atoms with E-state index >= 15 is 0 Å². The fraction of sp³-hybridized carbons (Fsp3) is 0.115. The van der Waals surface area contributed by atoms with E-state index in [1.807, 2.05) is 93.0 Å². The Kier molecular flexibility index (Phi) is 8.89. The maximum atomic E-state index is 12.8. The number of nitrogens with zero attached hydrogens (tertiary/aromatic N) is 2. The van der Waals surface area contributed by atoms with Crippen molar-refractivity contribution in [2.45, 2.75) is 12.6 Å². The number of non-ortho nitro benzene ring substituents is 1. The minimum absolute atomic E-state index is 0. The first-order chi connectivity index (χ1) is 15.1. The number of rotatable bonds is 5. The summed E-state index contributed by atoms with van der Waals surface area (Å²) in [5.74, 6) is 0.834. The van der Waals surface area contributed by atoms with Gasteiger partial charge in [-0.3, -0.25) is 14.9 Å². The van der Waals surface area contributed by atoms with Crippen LogP contribution in [0, 0.1) is 79.7 Å². The number of β-lactam (4-membered cyclic amide) rings is 1. The second-order valence-electron chi connectivity index (χ2n) is 7.40. The van der Waals surface area contributed by atoms with Crippen molar-refractivity contribution in [3.8, 4) is 0 Å². The van der Waals surface area contributed by atoms with Gasteiger partial charge in [-0.25, -0.2) is 0 Å². The van der Waals surface area contributed by atoms with Crippen molar-refractivity contribution in [2.75, 3.05) is 0 Å². The average Bonchev–Trinajstić information content (AvgIpc) is 3.53. The Labute approximate surface area is 201 Å². The summed E-state index contributed by atoms with van der Waals surface area (Å²) in [5.41, 5.74) is 2.03. The van der Waals surface area contributed by atoms with Crippen molar-refractivity contribution >= 4 is 11.6 Å². The summed E-state index contributed by atoms with van der Waals surface area (Å²) in [7, 11) is 0. The number of nitro benzene ring substituents is 1. The van der Waals surface area contributed by atoms with E-state index in [1.54, 1.807) is 12.1 Å². The van der Waals surface area contributed by atoms with Crippen LogP contribution in [0.4, 0.5) is 5.69 Å². The predicted molar refractivity (Wildman–Crippen MR) is 118 cm³/mol. The quantitative estimate of drug-likeness (QED) is 0.277. The fourth-order valence-corrected chi connectivity index (χ4v) is 3.91. The van der Waals surface area contributed by atoms with Crippen LogP contribution in [0.15, 0.2) is 54.6 Å². The molecule has 0 unspecified atom stereocenters. The molecule has 0 N–H and O–H groups in total. The monoisotopic (exact) mass is 466 g/mol. The molecular formula is C26H22FeN2O3. The van der Waals surface area contributed by atoms with Gasteiger partial charge in [0.15, 0.2) is 0 Å². The summed E-state index contributed by atoms with van der Waals surface area (Å²) in [5, 5.41) is 10.9. The molecule has 2 aromatic carbocycles. The molecule has 2 aromatic rings. The maximum absolute atomic E-state index is 12.8. The Hall–Kier alpha value is -2.17. The van der Waals surface area contributed by atoms with Crippen LogP contribution in [-0.4, -0.2) is 15.7 Å². The number of amides is 1. The molecule has 0 spiro atoms. The predicted octanol–water partition coefficient (Wildman–Crippen LogP) is 4.72. The van der Waals surface area contributed by atoms with Gasteiger partial charge >= 0.3 is 0 Å². The van der Waals surface area contributed by atoms with Gasteiger partial charge in [0, 0.05) is 35.7 Å². The molecule has 2 saturated carbocycles. The van der Waals surface area contributed by atoms with Crippen LogP contribution in [0.25, 0.3) is 0 Å². The van der Waals surface area contributed by atoms with Crippen molar-refractivity contribution in [3.63, 3.8) is 0 Å². The van der Waals surface area contributed by atoms with E-state index in [0.29, 0.717) is 6.54 Å². The molecule has 3 aliphatic rings. The zero-order chi connectivity index (χ0) is 21.6. The number of carbonyl (C=O) groups is 1. The van der Waals surface area contributed by atoms with Gasteiger partial charge in [-0.05, 0) is 74.8 Å². The Balaban J connectivity index is 0.000000427. The summed E-state index contributed by atoms with van der Waals surface area (Å²) in [4.78, 5) is 25.2. The number of benzene rings is 2. The summed E-state index contributed by atoms with van der Waals surface area (Å²) in [6.45, 7) is 0.526. The van der Waals surface area contributed by atoms with Gasteiger partial charge in [0.2, 0.25) is 5.91 Å². The summed E-state index contributed by atoms with van der Waals surface area (Å²) in [6.07, 6.45) is 17.8. The molecule has 2 atom stereocenters. The molecule has 3 fully saturated rings. The van der Waals surface area contributed by atoms with Crippen LogP contribution in [0.5, 0.6) is 0 Å². The summed E-state index contributed by atoms with van der Waals surface area (Å²) >= 11 is 0. The third-order valence-corrected chi connectivity index (χ3v) is 5.44. The Morgan fingerprint density at radius 1 is 0.812 bits per heavy atom. The smallest absolute Gasteiger partial charge is 0.269 e. The molecule has 0 bridgehead atoms. The van der Waals surface area contributed by atoms with Gasteiger partial charge in [-0.1, -0.05) is 42.5 Å². The van der Waals surface area contributed by atoms with Crippen LogP contribution >= 0.6 is 0 Å². The van der Waals surface area contributed by atoms with E-state index in [2.05, 4.69) is 0 Å². The Bertz CT molecular complexity index is 870. The van der Waals surface area contributed by atoms with Gasteiger partial charge in [0.05, 0.1) is 16.9 Å². The third-order valence-electron chi connectivity index (χ3n) is 5.44. The molecule has 10 radical (unpaired) electrons. The van der Waals surface area contributed by atoms with Crippen molar-refractivity contribution in [2.24, 2.45) is 5.92 Å². The molecular weight excluding hydrogens is 444 g/mol.